The summed E-state index contributed by atoms with van der Waals surface area (Å²) in [7, 11) is 1.76. The summed E-state index contributed by atoms with van der Waals surface area (Å²) in [6, 6.07) is 13.7. The van der Waals surface area contributed by atoms with Crippen LogP contribution in [0.2, 0.25) is 0 Å². The lowest BCUT2D eigenvalue weighted by Crippen LogP contribution is -2.74. The first-order valence-electron chi connectivity index (χ1n) is 9.39. The molecular formula is C21H25N5O2+2. The van der Waals surface area contributed by atoms with Crippen molar-refractivity contribution >= 4 is 23.7 Å². The number of amides is 2. The number of aromatic hydroxyl groups is 1. The molecule has 0 fully saturated rings. The third-order valence-corrected chi connectivity index (χ3v) is 4.95. The average Bonchev–Trinajstić information content (AvgIpc) is 3.37. The van der Waals surface area contributed by atoms with Gasteiger partial charge in [-0.05, 0) is 41.8 Å². The lowest BCUT2D eigenvalue weighted by Gasteiger charge is -2.19. The number of aliphatic imine (C=N–C) groups is 1. The summed E-state index contributed by atoms with van der Waals surface area (Å²) in [5.41, 5.74) is 5.35. The van der Waals surface area contributed by atoms with E-state index in [0.29, 0.717) is 6.54 Å². The quantitative estimate of drug-likeness (QED) is 0.667. The van der Waals surface area contributed by atoms with Crippen molar-refractivity contribution < 1.29 is 14.8 Å². The van der Waals surface area contributed by atoms with Gasteiger partial charge in [-0.15, -0.1) is 0 Å². The van der Waals surface area contributed by atoms with Gasteiger partial charge in [-0.25, -0.2) is 9.79 Å². The molecule has 0 atom stereocenters. The predicted molar refractivity (Wildman–Crippen MR) is 111 cm³/mol. The molecule has 5 N–H and O–H groups in total. The minimum atomic E-state index is -0.216. The summed E-state index contributed by atoms with van der Waals surface area (Å²) in [6.45, 7) is 2.23. The second kappa shape index (κ2) is 8.14. The van der Waals surface area contributed by atoms with Gasteiger partial charge in [0.15, 0.2) is 13.4 Å². The Morgan fingerprint density at radius 2 is 2.11 bits per heavy atom. The summed E-state index contributed by atoms with van der Waals surface area (Å²) >= 11 is 0. The first-order chi connectivity index (χ1) is 13.7. The fourth-order valence-corrected chi connectivity index (χ4v) is 3.43. The number of carbonyl (C=O) groups is 1. The number of quaternary nitrogens is 1. The van der Waals surface area contributed by atoms with Crippen LogP contribution in [0.15, 0.2) is 59.4 Å². The van der Waals surface area contributed by atoms with Gasteiger partial charge in [-0.1, -0.05) is 6.07 Å². The number of carbonyl (C=O) groups excluding carboxylic acids is 1. The lowest BCUT2D eigenvalue weighted by molar-refractivity contribution is -0.447. The number of hydrogen-bond acceptors (Lipinski definition) is 3. The Morgan fingerprint density at radius 1 is 1.25 bits per heavy atom. The van der Waals surface area contributed by atoms with Crippen molar-refractivity contribution in [2.75, 3.05) is 30.4 Å². The van der Waals surface area contributed by atoms with Crippen LogP contribution in [0.4, 0.5) is 16.2 Å². The van der Waals surface area contributed by atoms with Gasteiger partial charge in [0.1, 0.15) is 11.9 Å². The number of hydrogen-bond donors (Lipinski definition) is 3. The summed E-state index contributed by atoms with van der Waals surface area (Å²) in [4.78, 5) is 18.9. The first-order valence-corrected chi connectivity index (χ1v) is 9.39. The van der Waals surface area contributed by atoms with Crippen molar-refractivity contribution in [3.63, 3.8) is 0 Å². The van der Waals surface area contributed by atoms with Crippen LogP contribution in [0, 0.1) is 0 Å². The summed E-state index contributed by atoms with van der Waals surface area (Å²) in [5, 5.41) is 7.79. The van der Waals surface area contributed by atoms with Gasteiger partial charge < -0.3 is 20.3 Å². The summed E-state index contributed by atoms with van der Waals surface area (Å²) in [6.07, 6.45) is 4.87. The van der Waals surface area contributed by atoms with Crippen LogP contribution in [0.5, 0.6) is 5.75 Å². The number of anilines is 2. The summed E-state index contributed by atoms with van der Waals surface area (Å²) in [5.74, 6) is 0.924. The second-order valence-electron chi connectivity index (χ2n) is 6.84. The second-order valence-corrected chi connectivity index (χ2v) is 6.84. The number of nitrogens with zero attached hydrogens (tertiary/aromatic N) is 2. The number of benzene rings is 2. The van der Waals surface area contributed by atoms with Crippen molar-refractivity contribution in [2.24, 2.45) is 4.99 Å². The van der Waals surface area contributed by atoms with E-state index in [1.165, 1.54) is 11.3 Å². The molecule has 0 aliphatic carbocycles. The molecule has 2 aliphatic rings. The number of fused-ring (bicyclic) bond motifs is 1. The maximum atomic E-state index is 12.3. The van der Waals surface area contributed by atoms with Crippen LogP contribution in [0.1, 0.15) is 11.1 Å². The molecule has 4 rings (SSSR count). The van der Waals surface area contributed by atoms with Gasteiger partial charge in [0.2, 0.25) is 0 Å². The Balaban J connectivity index is 1.35. The van der Waals surface area contributed by atoms with Crippen molar-refractivity contribution in [2.45, 2.75) is 13.0 Å². The molecule has 0 spiro atoms. The molecular weight excluding hydrogens is 354 g/mol. The fourth-order valence-electron chi connectivity index (χ4n) is 3.43. The zero-order valence-corrected chi connectivity index (χ0v) is 15.9. The molecule has 28 heavy (non-hydrogen) atoms. The van der Waals surface area contributed by atoms with E-state index in [-0.39, 0.29) is 6.03 Å². The molecule has 2 aliphatic heterocycles. The molecule has 0 unspecified atom stereocenters. The normalized spacial score (nSPS) is 14.6. The van der Waals surface area contributed by atoms with E-state index in [9.17, 15) is 4.79 Å². The molecule has 7 nitrogen and oxygen atoms in total. The Bertz CT molecular complexity index is 921. The smallest absolute Gasteiger partial charge is 0.319 e. The van der Waals surface area contributed by atoms with Crippen LogP contribution in [-0.4, -0.2) is 37.3 Å². The molecule has 0 aromatic heterocycles. The van der Waals surface area contributed by atoms with Crippen LogP contribution in [0.3, 0.4) is 0 Å². The highest BCUT2D eigenvalue weighted by Crippen LogP contribution is 2.31. The van der Waals surface area contributed by atoms with Gasteiger partial charge in [0, 0.05) is 36.6 Å². The Hall–Kier alpha value is -3.32. The predicted octanol–water partition coefficient (Wildman–Crippen LogP) is 1.69. The largest absolute Gasteiger partial charge is 0.585 e. The number of rotatable bonds is 6. The standard InChI is InChI=1S/C21H23N5O2/c1-28-19-6-2-15(3-7-19)11-23-21(27)25-17-5-4-16-8-9-26(20(16)10-17)13-18-12-22-14-24-18/h2-7,10,12,14H,8-9,11,13H2,1H3,(H,22,24)(H2,23,25,27)/p+2. The van der Waals surface area contributed by atoms with E-state index in [4.69, 9.17) is 0 Å². The van der Waals surface area contributed by atoms with Gasteiger partial charge in [-0.2, -0.15) is 0 Å². The van der Waals surface area contributed by atoms with Crippen molar-refractivity contribution in [1.29, 1.82) is 0 Å². The molecule has 2 amide bonds. The molecule has 0 bridgehead atoms. The zero-order chi connectivity index (χ0) is 19.3. The minimum Gasteiger partial charge on any atom is -0.585 e. The number of ether oxygens (including phenoxy) is 1. The Kier molecular flexibility index (Phi) is 5.25. The number of aliphatic hydroxyl groups is 1. The van der Waals surface area contributed by atoms with Gasteiger partial charge in [-0.3, -0.25) is 5.32 Å². The molecule has 2 aromatic carbocycles. The maximum Gasteiger partial charge on any atom is 0.319 e. The van der Waals surface area contributed by atoms with Gasteiger partial charge in [0.05, 0.1) is 6.54 Å². The van der Waals surface area contributed by atoms with Crippen LogP contribution >= 0.6 is 0 Å². The molecule has 144 valence electrons. The number of urea groups is 1. The lowest BCUT2D eigenvalue weighted by atomic mass is 10.1. The minimum absolute atomic E-state index is 0.216. The monoisotopic (exact) mass is 379 g/mol. The van der Waals surface area contributed by atoms with E-state index in [1.54, 1.807) is 7.11 Å². The SMILES string of the molecule is C[OH+]c1ccc(CNC(=O)Nc2ccc3c(c2)N(CC2=C[NH2+]C=N2)CC3)cc1. The molecule has 0 saturated carbocycles. The fraction of sp³-hybridized carbons (Fsp3) is 0.238. The topological polar surface area (TPSA) is 86.1 Å². The number of nitrogens with two attached hydrogens (primary N) is 1. The highest BCUT2D eigenvalue weighted by Gasteiger charge is 2.21. The van der Waals surface area contributed by atoms with Crippen LogP contribution < -0.4 is 20.9 Å². The van der Waals surface area contributed by atoms with Crippen LogP contribution in [-0.2, 0) is 13.0 Å². The summed E-state index contributed by atoms with van der Waals surface area (Å²) < 4.78 is 4.11. The molecule has 7 heteroatoms. The van der Waals surface area contributed by atoms with E-state index < -0.39 is 0 Å². The molecule has 0 radical (unpaired) electrons. The van der Waals surface area contributed by atoms with Crippen molar-refractivity contribution in [3.8, 4) is 5.75 Å². The van der Waals surface area contributed by atoms with Crippen molar-refractivity contribution in [1.82, 2.24) is 5.32 Å². The number of nitrogens with one attached hydrogen (secondary N) is 2. The van der Waals surface area contributed by atoms with E-state index in [1.807, 2.05) is 54.3 Å². The van der Waals surface area contributed by atoms with Crippen LogP contribution in [0.25, 0.3) is 0 Å². The highest BCUT2D eigenvalue weighted by molar-refractivity contribution is 5.90. The highest BCUT2D eigenvalue weighted by atomic mass is 16.5. The van der Waals surface area contributed by atoms with E-state index >= 15 is 0 Å². The van der Waals surface area contributed by atoms with E-state index in [2.05, 4.69) is 31.3 Å². The molecule has 2 aromatic rings. The van der Waals surface area contributed by atoms with Gasteiger partial charge in [0.25, 0.3) is 5.75 Å². The van der Waals surface area contributed by atoms with E-state index in [0.717, 1.165) is 42.2 Å². The average molecular weight is 379 g/mol. The Morgan fingerprint density at radius 3 is 2.86 bits per heavy atom. The zero-order valence-electron chi connectivity index (χ0n) is 15.9. The maximum absolute atomic E-state index is 12.3. The third-order valence-electron chi connectivity index (χ3n) is 4.95. The molecule has 2 heterocycles. The van der Waals surface area contributed by atoms with Crippen molar-refractivity contribution in [3.05, 3.63) is 65.5 Å². The Labute approximate surface area is 164 Å². The molecule has 0 saturated heterocycles. The third kappa shape index (κ3) is 4.15. The van der Waals surface area contributed by atoms with Gasteiger partial charge >= 0.3 is 6.03 Å². The first kappa shape index (κ1) is 18.1.